The van der Waals surface area contributed by atoms with Crippen LogP contribution in [0.25, 0.3) is 0 Å². The van der Waals surface area contributed by atoms with E-state index in [2.05, 4.69) is 52.8 Å². The van der Waals surface area contributed by atoms with Crippen molar-refractivity contribution in [2.75, 3.05) is 0 Å². The summed E-state index contributed by atoms with van der Waals surface area (Å²) in [4.78, 5) is 14.2. The second-order valence-corrected chi connectivity index (χ2v) is 6.61. The van der Waals surface area contributed by atoms with Crippen LogP contribution in [-0.2, 0) is 4.79 Å². The molecule has 104 valence electrons. The Morgan fingerprint density at radius 3 is 2.42 bits per heavy atom. The Morgan fingerprint density at radius 2 is 1.89 bits per heavy atom. The summed E-state index contributed by atoms with van der Waals surface area (Å²) in [6, 6.07) is 6.25. The van der Waals surface area contributed by atoms with Gasteiger partial charge in [0.2, 0.25) is 5.91 Å². The lowest BCUT2D eigenvalue weighted by Gasteiger charge is -2.39. The summed E-state index contributed by atoms with van der Waals surface area (Å²) in [6.07, 6.45) is 0.440. The summed E-state index contributed by atoms with van der Waals surface area (Å²) in [7, 11) is 0. The van der Waals surface area contributed by atoms with Crippen LogP contribution in [0.5, 0.6) is 0 Å². The molecule has 2 atom stereocenters. The second-order valence-electron chi connectivity index (χ2n) is 6.61. The van der Waals surface area contributed by atoms with Crippen molar-refractivity contribution in [1.29, 1.82) is 0 Å². The van der Waals surface area contributed by atoms with Gasteiger partial charge in [-0.25, -0.2) is 0 Å². The number of hydrogen-bond donors (Lipinski definition) is 1. The van der Waals surface area contributed by atoms with Crippen LogP contribution in [-0.4, -0.2) is 22.4 Å². The molecule has 1 aliphatic rings. The first kappa shape index (κ1) is 14.1. The predicted molar refractivity (Wildman–Crippen MR) is 77.8 cm³/mol. The van der Waals surface area contributed by atoms with E-state index in [0.717, 1.165) is 0 Å². The summed E-state index contributed by atoms with van der Waals surface area (Å²) in [5, 5.41) is 0. The van der Waals surface area contributed by atoms with Crippen LogP contribution >= 0.6 is 0 Å². The quantitative estimate of drug-likeness (QED) is 0.844. The third-order valence-corrected chi connectivity index (χ3v) is 3.83. The van der Waals surface area contributed by atoms with Crippen LogP contribution in [0.1, 0.15) is 49.9 Å². The fourth-order valence-corrected chi connectivity index (χ4v) is 3.08. The molecule has 3 heteroatoms. The molecule has 0 saturated carbocycles. The number of carbonyl (C=O) groups is 1. The van der Waals surface area contributed by atoms with Gasteiger partial charge in [-0.3, -0.25) is 4.79 Å². The number of nitrogens with two attached hydrogens (primary N) is 1. The van der Waals surface area contributed by atoms with Crippen molar-refractivity contribution >= 4 is 5.91 Å². The average Bonchev–Trinajstić information content (AvgIpc) is 2.53. The Kier molecular flexibility index (Phi) is 3.43. The molecule has 0 aromatic heterocycles. The molecule has 0 bridgehead atoms. The van der Waals surface area contributed by atoms with Crippen LogP contribution < -0.4 is 5.73 Å². The summed E-state index contributed by atoms with van der Waals surface area (Å²) in [5.41, 5.74) is 9.66. The standard InChI is InChI=1S/C16H24N2O/c1-10-6-7-12(11(2)8-10)15-13(17)9-14(19)18(15)16(3,4)5/h6-8,13,15H,9,17H2,1-5H3. The van der Waals surface area contributed by atoms with Crippen molar-refractivity contribution < 1.29 is 4.79 Å². The minimum Gasteiger partial charge on any atom is -0.329 e. The van der Waals surface area contributed by atoms with Gasteiger partial charge >= 0.3 is 0 Å². The largest absolute Gasteiger partial charge is 0.329 e. The highest BCUT2D eigenvalue weighted by molar-refractivity contribution is 5.81. The van der Waals surface area contributed by atoms with Gasteiger partial charge in [0.25, 0.3) is 0 Å². The molecule has 0 spiro atoms. The SMILES string of the molecule is Cc1ccc(C2C(N)CC(=O)N2C(C)(C)C)c(C)c1. The minimum absolute atomic E-state index is 0.00639. The van der Waals surface area contributed by atoms with Crippen molar-refractivity contribution in [2.45, 2.75) is 58.7 Å². The van der Waals surface area contributed by atoms with Gasteiger partial charge < -0.3 is 10.6 Å². The zero-order valence-corrected chi connectivity index (χ0v) is 12.5. The molecule has 1 aromatic rings. The average molecular weight is 260 g/mol. The van der Waals surface area contributed by atoms with Crippen LogP contribution in [0.15, 0.2) is 18.2 Å². The van der Waals surface area contributed by atoms with Gasteiger partial charge in [0.1, 0.15) is 0 Å². The van der Waals surface area contributed by atoms with Gasteiger partial charge in [0, 0.05) is 18.0 Å². The first-order valence-electron chi connectivity index (χ1n) is 6.86. The summed E-state index contributed by atoms with van der Waals surface area (Å²) in [5.74, 6) is 0.157. The van der Waals surface area contributed by atoms with Gasteiger partial charge in [0.05, 0.1) is 6.04 Å². The van der Waals surface area contributed by atoms with Crippen molar-refractivity contribution in [3.63, 3.8) is 0 Å². The van der Waals surface area contributed by atoms with Crippen LogP contribution in [0, 0.1) is 13.8 Å². The van der Waals surface area contributed by atoms with Crippen molar-refractivity contribution in [1.82, 2.24) is 4.90 Å². The molecule has 2 rings (SSSR count). The maximum atomic E-state index is 12.2. The van der Waals surface area contributed by atoms with Gasteiger partial charge in [-0.1, -0.05) is 23.8 Å². The van der Waals surface area contributed by atoms with Crippen molar-refractivity contribution in [3.8, 4) is 0 Å². The molecule has 1 aliphatic heterocycles. The molecular weight excluding hydrogens is 236 g/mol. The first-order valence-corrected chi connectivity index (χ1v) is 6.86. The number of aryl methyl sites for hydroxylation is 2. The van der Waals surface area contributed by atoms with Crippen LogP contribution in [0.2, 0.25) is 0 Å². The second kappa shape index (κ2) is 4.64. The number of carbonyl (C=O) groups excluding carboxylic acids is 1. The minimum atomic E-state index is -0.201. The maximum Gasteiger partial charge on any atom is 0.225 e. The molecule has 1 heterocycles. The van der Waals surface area contributed by atoms with E-state index in [-0.39, 0.29) is 23.5 Å². The zero-order chi connectivity index (χ0) is 14.4. The van der Waals surface area contributed by atoms with E-state index in [1.54, 1.807) is 0 Å². The van der Waals surface area contributed by atoms with E-state index in [0.29, 0.717) is 6.42 Å². The van der Waals surface area contributed by atoms with E-state index in [1.807, 2.05) is 4.90 Å². The fraction of sp³-hybridized carbons (Fsp3) is 0.562. The maximum absolute atomic E-state index is 12.2. The van der Waals surface area contributed by atoms with Gasteiger partial charge in [-0.15, -0.1) is 0 Å². The number of benzene rings is 1. The summed E-state index contributed by atoms with van der Waals surface area (Å²) >= 11 is 0. The zero-order valence-electron chi connectivity index (χ0n) is 12.5. The molecule has 1 amide bonds. The number of rotatable bonds is 1. The first-order chi connectivity index (χ1) is 8.71. The Balaban J connectivity index is 2.48. The summed E-state index contributed by atoms with van der Waals surface area (Å²) < 4.78 is 0. The molecule has 0 radical (unpaired) electrons. The third-order valence-electron chi connectivity index (χ3n) is 3.83. The molecule has 1 fully saturated rings. The number of amides is 1. The molecule has 2 unspecified atom stereocenters. The lowest BCUT2D eigenvalue weighted by molar-refractivity contribution is -0.133. The molecule has 0 aliphatic carbocycles. The fourth-order valence-electron chi connectivity index (χ4n) is 3.08. The predicted octanol–water partition coefficient (Wildman–Crippen LogP) is 2.70. The third kappa shape index (κ3) is 2.52. The van der Waals surface area contributed by atoms with E-state index in [1.165, 1.54) is 16.7 Å². The van der Waals surface area contributed by atoms with Crippen LogP contribution in [0.4, 0.5) is 0 Å². The van der Waals surface area contributed by atoms with Gasteiger partial charge in [-0.05, 0) is 45.7 Å². The van der Waals surface area contributed by atoms with Gasteiger partial charge in [0.15, 0.2) is 0 Å². The Morgan fingerprint density at radius 1 is 1.26 bits per heavy atom. The lowest BCUT2D eigenvalue weighted by atomic mass is 9.93. The van der Waals surface area contributed by atoms with Gasteiger partial charge in [-0.2, -0.15) is 0 Å². The Labute approximate surface area is 115 Å². The Bertz CT molecular complexity index is 502. The Hall–Kier alpha value is -1.35. The molecular formula is C16H24N2O. The van der Waals surface area contributed by atoms with Crippen molar-refractivity contribution in [3.05, 3.63) is 34.9 Å². The van der Waals surface area contributed by atoms with Crippen molar-refractivity contribution in [2.24, 2.45) is 5.73 Å². The highest BCUT2D eigenvalue weighted by Gasteiger charge is 2.44. The van der Waals surface area contributed by atoms with E-state index in [9.17, 15) is 4.79 Å². The molecule has 2 N–H and O–H groups in total. The number of likely N-dealkylation sites (tertiary alicyclic amines) is 1. The molecule has 3 nitrogen and oxygen atoms in total. The van der Waals surface area contributed by atoms with E-state index in [4.69, 9.17) is 5.73 Å². The molecule has 1 aromatic carbocycles. The monoisotopic (exact) mass is 260 g/mol. The number of nitrogens with zero attached hydrogens (tertiary/aromatic N) is 1. The van der Waals surface area contributed by atoms with Crippen LogP contribution in [0.3, 0.4) is 0 Å². The summed E-state index contributed by atoms with van der Waals surface area (Å²) in [6.45, 7) is 10.4. The topological polar surface area (TPSA) is 46.3 Å². The molecule has 1 saturated heterocycles. The lowest BCUT2D eigenvalue weighted by Crippen LogP contribution is -2.45. The number of hydrogen-bond acceptors (Lipinski definition) is 2. The van der Waals surface area contributed by atoms with E-state index >= 15 is 0 Å². The highest BCUT2D eigenvalue weighted by atomic mass is 16.2. The highest BCUT2D eigenvalue weighted by Crippen LogP contribution is 2.38. The van der Waals surface area contributed by atoms with E-state index < -0.39 is 0 Å². The molecule has 19 heavy (non-hydrogen) atoms. The smallest absolute Gasteiger partial charge is 0.225 e. The normalized spacial score (nSPS) is 24.1.